The van der Waals surface area contributed by atoms with Gasteiger partial charge in [0, 0.05) is 4.86 Å². The molecule has 1 aromatic carbocycles. The highest BCUT2D eigenvalue weighted by molar-refractivity contribution is 7.81. The maximum Gasteiger partial charge on any atom is 0.346 e. The van der Waals surface area contributed by atoms with Crippen LogP contribution in [-0.4, -0.2) is 16.8 Å². The Morgan fingerprint density at radius 3 is 2.75 bits per heavy atom. The maximum atomic E-state index is 11.6. The fourth-order valence-electron chi connectivity index (χ4n) is 2.07. The zero-order chi connectivity index (χ0) is 11.3. The normalized spacial score (nSPS) is 21.8. The Labute approximate surface area is 96.7 Å². The van der Waals surface area contributed by atoms with Gasteiger partial charge in [0.2, 0.25) is 0 Å². The molecule has 1 unspecified atom stereocenters. The topological polar surface area (TPSA) is 43.4 Å². The van der Waals surface area contributed by atoms with Gasteiger partial charge in [-0.25, -0.2) is 4.79 Å². The number of allylic oxidation sites excluding steroid dienone is 1. The van der Waals surface area contributed by atoms with Gasteiger partial charge in [-0.3, -0.25) is 4.79 Å². The van der Waals surface area contributed by atoms with E-state index in [1.54, 1.807) is 24.3 Å². The van der Waals surface area contributed by atoms with Crippen molar-refractivity contribution in [3.05, 3.63) is 47.0 Å². The SMILES string of the molecule is O=C1OC(=O)C2C=CC(=S)c3cccc1c32. The molecule has 0 amide bonds. The molecule has 0 saturated carbocycles. The number of ether oxygens (including phenoxy) is 1. The average Bonchev–Trinajstić information content (AvgIpc) is 2.27. The second kappa shape index (κ2) is 3.09. The van der Waals surface area contributed by atoms with E-state index < -0.39 is 17.9 Å². The highest BCUT2D eigenvalue weighted by Gasteiger charge is 2.36. The van der Waals surface area contributed by atoms with E-state index in [-0.39, 0.29) is 0 Å². The lowest BCUT2D eigenvalue weighted by molar-refractivity contribution is -0.139. The summed E-state index contributed by atoms with van der Waals surface area (Å²) in [5, 5.41) is 0. The first-order valence-electron chi connectivity index (χ1n) is 4.80. The van der Waals surface area contributed by atoms with Crippen molar-refractivity contribution in [2.45, 2.75) is 5.92 Å². The van der Waals surface area contributed by atoms with Crippen LogP contribution in [-0.2, 0) is 9.53 Å². The van der Waals surface area contributed by atoms with E-state index in [4.69, 9.17) is 12.2 Å². The highest BCUT2D eigenvalue weighted by atomic mass is 32.1. The fourth-order valence-corrected chi connectivity index (χ4v) is 2.33. The van der Waals surface area contributed by atoms with Crippen molar-refractivity contribution in [2.75, 3.05) is 0 Å². The Hall–Kier alpha value is -1.81. The Bertz CT molecular complexity index is 572. The number of benzene rings is 1. The number of rotatable bonds is 0. The van der Waals surface area contributed by atoms with Gasteiger partial charge in [-0.1, -0.05) is 30.4 Å². The Morgan fingerprint density at radius 2 is 1.94 bits per heavy atom. The molecule has 0 fully saturated rings. The molecular weight excluding hydrogens is 224 g/mol. The third kappa shape index (κ3) is 1.10. The van der Waals surface area contributed by atoms with E-state index in [1.807, 2.05) is 6.07 Å². The van der Waals surface area contributed by atoms with Crippen molar-refractivity contribution < 1.29 is 14.3 Å². The molecule has 1 aliphatic heterocycles. The minimum Gasteiger partial charge on any atom is -0.389 e. The number of hydrogen-bond donors (Lipinski definition) is 0. The molecule has 78 valence electrons. The predicted molar refractivity (Wildman–Crippen MR) is 60.4 cm³/mol. The summed E-state index contributed by atoms with van der Waals surface area (Å²) >= 11 is 5.17. The number of cyclic esters (lactones) is 2. The first-order valence-corrected chi connectivity index (χ1v) is 5.21. The van der Waals surface area contributed by atoms with Crippen LogP contribution in [0.25, 0.3) is 0 Å². The summed E-state index contributed by atoms with van der Waals surface area (Å²) in [6.07, 6.45) is 3.39. The van der Waals surface area contributed by atoms with E-state index in [1.165, 1.54) is 0 Å². The predicted octanol–water partition coefficient (Wildman–Crippen LogP) is 1.75. The molecule has 1 aromatic rings. The first kappa shape index (κ1) is 9.42. The molecule has 2 aliphatic rings. The first-order chi connectivity index (χ1) is 7.68. The van der Waals surface area contributed by atoms with E-state index in [0.29, 0.717) is 16.0 Å². The maximum absolute atomic E-state index is 11.6. The minimum atomic E-state index is -0.587. The highest BCUT2D eigenvalue weighted by Crippen LogP contribution is 2.35. The monoisotopic (exact) mass is 230 g/mol. The van der Waals surface area contributed by atoms with Gasteiger partial charge in [0.15, 0.2) is 0 Å². The number of hydrogen-bond acceptors (Lipinski definition) is 4. The van der Waals surface area contributed by atoms with Crippen LogP contribution in [0.15, 0.2) is 30.4 Å². The van der Waals surface area contributed by atoms with Crippen LogP contribution in [0, 0.1) is 0 Å². The Balaban J connectivity index is 2.36. The van der Waals surface area contributed by atoms with Gasteiger partial charge in [0.25, 0.3) is 0 Å². The molecule has 16 heavy (non-hydrogen) atoms. The quantitative estimate of drug-likeness (QED) is 0.387. The molecule has 1 heterocycles. The molecule has 3 nitrogen and oxygen atoms in total. The molecule has 0 aromatic heterocycles. The van der Waals surface area contributed by atoms with Crippen LogP contribution in [0.4, 0.5) is 0 Å². The molecular formula is C12H6O3S. The van der Waals surface area contributed by atoms with Gasteiger partial charge in [0.05, 0.1) is 5.56 Å². The summed E-state index contributed by atoms with van der Waals surface area (Å²) in [6.45, 7) is 0. The van der Waals surface area contributed by atoms with Crippen LogP contribution >= 0.6 is 12.2 Å². The Kier molecular flexibility index (Phi) is 1.82. The molecule has 3 rings (SSSR count). The van der Waals surface area contributed by atoms with Crippen LogP contribution in [0.2, 0.25) is 0 Å². The second-order valence-corrected chi connectivity index (χ2v) is 4.12. The zero-order valence-corrected chi connectivity index (χ0v) is 8.91. The smallest absolute Gasteiger partial charge is 0.346 e. The summed E-state index contributed by atoms with van der Waals surface area (Å²) in [6, 6.07) is 5.22. The summed E-state index contributed by atoms with van der Waals surface area (Å²) in [4.78, 5) is 23.7. The summed E-state index contributed by atoms with van der Waals surface area (Å²) < 4.78 is 4.67. The lowest BCUT2D eigenvalue weighted by Crippen LogP contribution is -2.30. The minimum absolute atomic E-state index is 0.439. The van der Waals surface area contributed by atoms with Crippen molar-refractivity contribution >= 4 is 29.0 Å². The van der Waals surface area contributed by atoms with Crippen molar-refractivity contribution in [3.8, 4) is 0 Å². The van der Waals surface area contributed by atoms with Gasteiger partial charge < -0.3 is 4.74 Å². The van der Waals surface area contributed by atoms with E-state index in [9.17, 15) is 9.59 Å². The lowest BCUT2D eigenvalue weighted by Gasteiger charge is -2.25. The van der Waals surface area contributed by atoms with Gasteiger partial charge in [-0.15, -0.1) is 0 Å². The fraction of sp³-hybridized carbons (Fsp3) is 0.0833. The lowest BCUT2D eigenvalue weighted by atomic mass is 9.83. The van der Waals surface area contributed by atoms with Crippen LogP contribution < -0.4 is 0 Å². The second-order valence-electron chi connectivity index (χ2n) is 3.68. The van der Waals surface area contributed by atoms with Gasteiger partial charge in [-0.05, 0) is 23.3 Å². The van der Waals surface area contributed by atoms with Gasteiger partial charge >= 0.3 is 11.9 Å². The molecule has 0 saturated heterocycles. The average molecular weight is 230 g/mol. The summed E-state index contributed by atoms with van der Waals surface area (Å²) in [5.41, 5.74) is 1.91. The number of esters is 2. The van der Waals surface area contributed by atoms with E-state index in [2.05, 4.69) is 4.74 Å². The summed E-state index contributed by atoms with van der Waals surface area (Å²) in [7, 11) is 0. The van der Waals surface area contributed by atoms with E-state index in [0.717, 1.165) is 5.56 Å². The number of carbonyl (C=O) groups is 2. The molecule has 0 N–H and O–H groups in total. The molecule has 0 spiro atoms. The molecule has 0 radical (unpaired) electrons. The standard InChI is InChI=1S/C12H6O3S/c13-11-7-3-1-2-6-9(16)5-4-8(10(6)7)12(14)15-11/h1-5,8H. The molecule has 1 atom stereocenters. The number of thiocarbonyl (C=S) groups is 1. The molecule has 1 aliphatic carbocycles. The molecule has 0 bridgehead atoms. The van der Waals surface area contributed by atoms with Crippen molar-refractivity contribution in [2.24, 2.45) is 0 Å². The van der Waals surface area contributed by atoms with Crippen molar-refractivity contribution in [1.82, 2.24) is 0 Å². The van der Waals surface area contributed by atoms with Crippen LogP contribution in [0.1, 0.15) is 27.4 Å². The largest absolute Gasteiger partial charge is 0.389 e. The molecule has 4 heteroatoms. The van der Waals surface area contributed by atoms with Gasteiger partial charge in [-0.2, -0.15) is 0 Å². The van der Waals surface area contributed by atoms with Crippen molar-refractivity contribution in [3.63, 3.8) is 0 Å². The van der Waals surface area contributed by atoms with Crippen LogP contribution in [0.5, 0.6) is 0 Å². The van der Waals surface area contributed by atoms with Crippen molar-refractivity contribution in [1.29, 1.82) is 0 Å². The zero-order valence-electron chi connectivity index (χ0n) is 8.10. The van der Waals surface area contributed by atoms with E-state index >= 15 is 0 Å². The number of carbonyl (C=O) groups excluding carboxylic acids is 2. The van der Waals surface area contributed by atoms with Gasteiger partial charge in [0.1, 0.15) is 5.92 Å². The summed E-state index contributed by atoms with van der Waals surface area (Å²) in [5.74, 6) is -1.60. The third-order valence-electron chi connectivity index (χ3n) is 2.79. The van der Waals surface area contributed by atoms with Crippen LogP contribution in [0.3, 0.4) is 0 Å². The Morgan fingerprint density at radius 1 is 1.19 bits per heavy atom. The third-order valence-corrected chi connectivity index (χ3v) is 3.15.